The van der Waals surface area contributed by atoms with Gasteiger partial charge in [0.05, 0.1) is 0 Å². The summed E-state index contributed by atoms with van der Waals surface area (Å²) in [6, 6.07) is 3.81. The number of nitrogens with one attached hydrogen (secondary N) is 1. The van der Waals surface area contributed by atoms with E-state index in [0.717, 1.165) is 19.4 Å². The number of nitrogens with two attached hydrogens (primary N) is 1. The number of carbonyl (C=O) groups is 1. The van der Waals surface area contributed by atoms with E-state index in [1.54, 1.807) is 0 Å². The Labute approximate surface area is 96.8 Å². The van der Waals surface area contributed by atoms with Crippen LogP contribution in [-0.2, 0) is 6.54 Å². The van der Waals surface area contributed by atoms with Gasteiger partial charge in [-0.15, -0.1) is 0 Å². The van der Waals surface area contributed by atoms with E-state index in [0.29, 0.717) is 12.2 Å². The Kier molecular flexibility index (Phi) is 5.05. The maximum Gasteiger partial charge on any atom is 0.268 e. The topological polar surface area (TPSA) is 60.0 Å². The summed E-state index contributed by atoms with van der Waals surface area (Å²) >= 11 is 0. The van der Waals surface area contributed by atoms with Gasteiger partial charge in [0, 0.05) is 25.3 Å². The third-order valence-electron chi connectivity index (χ3n) is 2.64. The van der Waals surface area contributed by atoms with Gasteiger partial charge in [-0.2, -0.15) is 0 Å². The smallest absolute Gasteiger partial charge is 0.268 e. The van der Waals surface area contributed by atoms with Crippen LogP contribution in [0.4, 0.5) is 0 Å². The number of aryl methyl sites for hydroxylation is 1. The normalized spacial score (nSPS) is 12.4. The number of aromatic nitrogens is 1. The highest BCUT2D eigenvalue weighted by molar-refractivity contribution is 5.92. The molecule has 0 aliphatic heterocycles. The van der Waals surface area contributed by atoms with Crippen LogP contribution in [0.3, 0.4) is 0 Å². The van der Waals surface area contributed by atoms with E-state index in [1.807, 2.05) is 29.8 Å². The highest BCUT2D eigenvalue weighted by atomic mass is 16.2. The van der Waals surface area contributed by atoms with Gasteiger partial charge < -0.3 is 15.6 Å². The third kappa shape index (κ3) is 3.10. The van der Waals surface area contributed by atoms with E-state index in [4.69, 9.17) is 5.73 Å². The molecule has 1 aromatic rings. The monoisotopic (exact) mass is 223 g/mol. The summed E-state index contributed by atoms with van der Waals surface area (Å²) in [4.78, 5) is 11.9. The third-order valence-corrected chi connectivity index (χ3v) is 2.64. The van der Waals surface area contributed by atoms with Crippen molar-refractivity contribution in [2.75, 3.05) is 6.54 Å². The Bertz CT molecular complexity index is 329. The van der Waals surface area contributed by atoms with Crippen molar-refractivity contribution in [3.05, 3.63) is 24.0 Å². The minimum atomic E-state index is -0.0317. The first kappa shape index (κ1) is 12.8. The van der Waals surface area contributed by atoms with Crippen LogP contribution >= 0.6 is 0 Å². The zero-order chi connectivity index (χ0) is 12.0. The van der Waals surface area contributed by atoms with Crippen LogP contribution in [-0.4, -0.2) is 23.1 Å². The van der Waals surface area contributed by atoms with Crippen molar-refractivity contribution >= 4 is 5.91 Å². The van der Waals surface area contributed by atoms with Gasteiger partial charge in [0.2, 0.25) is 0 Å². The van der Waals surface area contributed by atoms with Crippen molar-refractivity contribution in [1.82, 2.24) is 9.88 Å². The fourth-order valence-electron chi connectivity index (χ4n) is 1.64. The molecule has 1 heterocycles. The zero-order valence-corrected chi connectivity index (χ0v) is 10.1. The molecule has 0 radical (unpaired) electrons. The number of hydrogen-bond donors (Lipinski definition) is 2. The van der Waals surface area contributed by atoms with Crippen molar-refractivity contribution in [1.29, 1.82) is 0 Å². The predicted molar refractivity (Wildman–Crippen MR) is 65.3 cm³/mol. The Morgan fingerprint density at radius 3 is 2.88 bits per heavy atom. The van der Waals surface area contributed by atoms with Crippen LogP contribution in [0.5, 0.6) is 0 Å². The molecule has 4 nitrogen and oxygen atoms in total. The summed E-state index contributed by atoms with van der Waals surface area (Å²) in [5.74, 6) is -0.0317. The molecule has 1 amide bonds. The van der Waals surface area contributed by atoms with Crippen molar-refractivity contribution in [3.8, 4) is 0 Å². The highest BCUT2D eigenvalue weighted by Gasteiger charge is 2.13. The standard InChI is InChI=1S/C12H21N3O/c1-3-7-15-8-5-6-11(15)12(16)14-10(4-2)9-13/h5-6,8,10H,3-4,7,9,13H2,1-2H3,(H,14,16). The quantitative estimate of drug-likeness (QED) is 0.765. The van der Waals surface area contributed by atoms with E-state index >= 15 is 0 Å². The number of carbonyl (C=O) groups excluding carboxylic acids is 1. The van der Waals surface area contributed by atoms with Crippen LogP contribution in [0.2, 0.25) is 0 Å². The van der Waals surface area contributed by atoms with Gasteiger partial charge in [0.25, 0.3) is 5.91 Å². The Hall–Kier alpha value is -1.29. The van der Waals surface area contributed by atoms with E-state index in [1.165, 1.54) is 0 Å². The molecule has 90 valence electrons. The minimum Gasteiger partial charge on any atom is -0.347 e. The first-order valence-electron chi connectivity index (χ1n) is 5.89. The molecular weight excluding hydrogens is 202 g/mol. The van der Waals surface area contributed by atoms with Crippen molar-refractivity contribution in [2.45, 2.75) is 39.3 Å². The molecular formula is C12H21N3O. The minimum absolute atomic E-state index is 0.0317. The summed E-state index contributed by atoms with van der Waals surface area (Å²) < 4.78 is 1.97. The van der Waals surface area contributed by atoms with E-state index < -0.39 is 0 Å². The van der Waals surface area contributed by atoms with Crippen LogP contribution in [0.1, 0.15) is 37.2 Å². The molecule has 0 saturated heterocycles. The van der Waals surface area contributed by atoms with Gasteiger partial charge in [-0.05, 0) is 25.0 Å². The van der Waals surface area contributed by atoms with Gasteiger partial charge >= 0.3 is 0 Å². The van der Waals surface area contributed by atoms with Crippen molar-refractivity contribution in [3.63, 3.8) is 0 Å². The van der Waals surface area contributed by atoms with Gasteiger partial charge in [-0.1, -0.05) is 13.8 Å². The summed E-state index contributed by atoms with van der Waals surface area (Å²) in [5.41, 5.74) is 6.28. The fourth-order valence-corrected chi connectivity index (χ4v) is 1.64. The predicted octanol–water partition coefficient (Wildman–Crippen LogP) is 1.37. The Morgan fingerprint density at radius 2 is 2.31 bits per heavy atom. The lowest BCUT2D eigenvalue weighted by Crippen LogP contribution is -2.40. The second kappa shape index (κ2) is 6.33. The number of hydrogen-bond acceptors (Lipinski definition) is 2. The lowest BCUT2D eigenvalue weighted by molar-refractivity contribution is 0.0927. The van der Waals surface area contributed by atoms with Gasteiger partial charge in [0.15, 0.2) is 0 Å². The number of rotatable bonds is 6. The summed E-state index contributed by atoms with van der Waals surface area (Å²) in [6.07, 6.45) is 3.81. The lowest BCUT2D eigenvalue weighted by atomic mass is 10.2. The van der Waals surface area contributed by atoms with E-state index in [-0.39, 0.29) is 11.9 Å². The number of nitrogens with zero attached hydrogens (tertiary/aromatic N) is 1. The molecule has 0 aliphatic rings. The summed E-state index contributed by atoms with van der Waals surface area (Å²) in [6.45, 7) is 5.46. The fraction of sp³-hybridized carbons (Fsp3) is 0.583. The largest absolute Gasteiger partial charge is 0.347 e. The average Bonchev–Trinajstić information content (AvgIpc) is 2.74. The molecule has 1 atom stereocenters. The van der Waals surface area contributed by atoms with Crippen LogP contribution in [0.15, 0.2) is 18.3 Å². The first-order valence-corrected chi connectivity index (χ1v) is 5.89. The first-order chi connectivity index (χ1) is 7.72. The molecule has 0 aromatic carbocycles. The van der Waals surface area contributed by atoms with Gasteiger partial charge in [-0.25, -0.2) is 0 Å². The maximum absolute atomic E-state index is 11.9. The van der Waals surface area contributed by atoms with Gasteiger partial charge in [-0.3, -0.25) is 4.79 Å². The van der Waals surface area contributed by atoms with Gasteiger partial charge in [0.1, 0.15) is 5.69 Å². The Morgan fingerprint density at radius 1 is 1.56 bits per heavy atom. The lowest BCUT2D eigenvalue weighted by Gasteiger charge is -2.15. The van der Waals surface area contributed by atoms with E-state index in [9.17, 15) is 4.79 Å². The highest BCUT2D eigenvalue weighted by Crippen LogP contribution is 2.04. The molecule has 1 unspecified atom stereocenters. The molecule has 1 aromatic heterocycles. The molecule has 0 fully saturated rings. The van der Waals surface area contributed by atoms with Crippen LogP contribution in [0, 0.1) is 0 Å². The maximum atomic E-state index is 11.9. The molecule has 0 saturated carbocycles. The second-order valence-corrected chi connectivity index (χ2v) is 3.90. The molecule has 0 spiro atoms. The zero-order valence-electron chi connectivity index (χ0n) is 10.1. The molecule has 0 bridgehead atoms. The second-order valence-electron chi connectivity index (χ2n) is 3.90. The van der Waals surface area contributed by atoms with Crippen molar-refractivity contribution < 1.29 is 4.79 Å². The summed E-state index contributed by atoms with van der Waals surface area (Å²) in [7, 11) is 0. The van der Waals surface area contributed by atoms with Crippen LogP contribution in [0.25, 0.3) is 0 Å². The Balaban J connectivity index is 2.68. The van der Waals surface area contributed by atoms with E-state index in [2.05, 4.69) is 12.2 Å². The molecule has 0 aliphatic carbocycles. The van der Waals surface area contributed by atoms with Crippen LogP contribution < -0.4 is 11.1 Å². The molecule has 3 N–H and O–H groups in total. The van der Waals surface area contributed by atoms with Crippen molar-refractivity contribution in [2.24, 2.45) is 5.73 Å². The molecule has 4 heteroatoms. The average molecular weight is 223 g/mol. The summed E-state index contributed by atoms with van der Waals surface area (Å²) in [5, 5.41) is 2.93. The molecule has 1 rings (SSSR count). The SMILES string of the molecule is CCCn1cccc1C(=O)NC(CC)CN. The molecule has 16 heavy (non-hydrogen) atoms. The number of amides is 1.